The number of likely N-dealkylation sites (tertiary alicyclic amines) is 1. The third-order valence-corrected chi connectivity index (χ3v) is 5.76. The molecule has 0 saturated carbocycles. The van der Waals surface area contributed by atoms with Crippen molar-refractivity contribution in [3.63, 3.8) is 0 Å². The molecule has 2 aliphatic rings. The molecule has 2 aromatic rings. The van der Waals surface area contributed by atoms with Crippen molar-refractivity contribution in [2.24, 2.45) is 0 Å². The Bertz CT molecular complexity index is 1040. The number of rotatable bonds is 5. The Morgan fingerprint density at radius 1 is 1.19 bits per heavy atom. The lowest BCUT2D eigenvalue weighted by Gasteiger charge is -2.28. The highest BCUT2D eigenvalue weighted by atomic mass is 16.5. The van der Waals surface area contributed by atoms with E-state index in [0.29, 0.717) is 30.9 Å². The number of aliphatic hydroxyl groups excluding tert-OH is 1. The number of likely N-dealkylation sites (N-methyl/N-ethyl adjacent to an activating group) is 1. The number of hydrogen-bond acceptors (Lipinski definition) is 6. The van der Waals surface area contributed by atoms with Crippen molar-refractivity contribution in [3.8, 4) is 11.5 Å². The number of ketones is 1. The topological polar surface area (TPSA) is 79.3 Å². The second kappa shape index (κ2) is 8.34. The van der Waals surface area contributed by atoms with Gasteiger partial charge in [0.1, 0.15) is 23.9 Å². The zero-order chi connectivity index (χ0) is 22.1. The van der Waals surface area contributed by atoms with Crippen LogP contribution in [-0.2, 0) is 9.59 Å². The highest BCUT2D eigenvalue weighted by Crippen LogP contribution is 2.41. The first kappa shape index (κ1) is 20.8. The minimum absolute atomic E-state index is 0.1000. The number of amides is 1. The van der Waals surface area contributed by atoms with Crippen LogP contribution < -0.4 is 14.4 Å². The van der Waals surface area contributed by atoms with E-state index in [1.807, 2.05) is 31.0 Å². The molecule has 0 bridgehead atoms. The van der Waals surface area contributed by atoms with Gasteiger partial charge < -0.3 is 24.4 Å². The lowest BCUT2D eigenvalue weighted by molar-refractivity contribution is -0.139. The summed E-state index contributed by atoms with van der Waals surface area (Å²) in [6.45, 7) is 3.68. The van der Waals surface area contributed by atoms with Gasteiger partial charge in [-0.2, -0.15) is 0 Å². The quantitative estimate of drug-likeness (QED) is 0.452. The number of Topliss-reactive ketones (excluding diaryl/α,β-unsaturated/α-hetero) is 1. The second-order valence-electron chi connectivity index (χ2n) is 7.72. The number of anilines is 1. The average Bonchev–Trinajstić information content (AvgIpc) is 3.04. The van der Waals surface area contributed by atoms with E-state index in [1.165, 1.54) is 4.90 Å². The van der Waals surface area contributed by atoms with E-state index in [-0.39, 0.29) is 11.3 Å². The monoisotopic (exact) mass is 422 g/mol. The summed E-state index contributed by atoms with van der Waals surface area (Å²) in [6, 6.07) is 11.8. The number of fused-ring (bicyclic) bond motifs is 1. The summed E-state index contributed by atoms with van der Waals surface area (Å²) in [7, 11) is 3.53. The molecule has 2 aromatic carbocycles. The maximum Gasteiger partial charge on any atom is 0.295 e. The smallest absolute Gasteiger partial charge is 0.295 e. The van der Waals surface area contributed by atoms with Crippen LogP contribution in [0.25, 0.3) is 5.76 Å². The van der Waals surface area contributed by atoms with Gasteiger partial charge in [0.05, 0.1) is 31.0 Å². The van der Waals surface area contributed by atoms with Crippen LogP contribution in [0.1, 0.15) is 30.5 Å². The number of benzene rings is 2. The van der Waals surface area contributed by atoms with E-state index in [9.17, 15) is 14.7 Å². The fourth-order valence-electron chi connectivity index (χ4n) is 4.14. The molecule has 162 valence electrons. The molecule has 2 heterocycles. The van der Waals surface area contributed by atoms with Gasteiger partial charge in [-0.25, -0.2) is 0 Å². The zero-order valence-corrected chi connectivity index (χ0v) is 17.9. The molecule has 0 spiro atoms. The number of hydrogen-bond donors (Lipinski definition) is 1. The number of ether oxygens (including phenoxy) is 2. The van der Waals surface area contributed by atoms with Crippen molar-refractivity contribution in [2.45, 2.75) is 19.4 Å². The first-order valence-corrected chi connectivity index (χ1v) is 10.4. The Kier molecular flexibility index (Phi) is 5.59. The predicted octanol–water partition coefficient (Wildman–Crippen LogP) is 3.36. The highest BCUT2D eigenvalue weighted by molar-refractivity contribution is 6.46. The van der Waals surface area contributed by atoms with E-state index in [2.05, 4.69) is 0 Å². The van der Waals surface area contributed by atoms with Gasteiger partial charge in [-0.1, -0.05) is 19.1 Å². The largest absolute Gasteiger partial charge is 0.507 e. The molecule has 0 aromatic heterocycles. The van der Waals surface area contributed by atoms with Gasteiger partial charge in [-0.3, -0.25) is 9.59 Å². The molecule has 7 nitrogen and oxygen atoms in total. The Balaban J connectivity index is 1.84. The molecule has 1 N–H and O–H groups in total. The van der Waals surface area contributed by atoms with Crippen molar-refractivity contribution in [1.82, 2.24) is 4.90 Å². The van der Waals surface area contributed by atoms with Crippen molar-refractivity contribution >= 4 is 23.1 Å². The van der Waals surface area contributed by atoms with Crippen LogP contribution in [0.5, 0.6) is 11.5 Å². The summed E-state index contributed by atoms with van der Waals surface area (Å²) in [5, 5.41) is 11.2. The number of carbonyl (C=O) groups excluding carboxylic acids is 2. The van der Waals surface area contributed by atoms with E-state index in [4.69, 9.17) is 9.47 Å². The van der Waals surface area contributed by atoms with Crippen LogP contribution in [0, 0.1) is 0 Å². The van der Waals surface area contributed by atoms with Crippen molar-refractivity contribution in [1.29, 1.82) is 0 Å². The molecule has 1 amide bonds. The van der Waals surface area contributed by atoms with Crippen molar-refractivity contribution < 1.29 is 24.2 Å². The molecule has 7 heteroatoms. The Morgan fingerprint density at radius 2 is 1.94 bits per heavy atom. The normalized spacial score (nSPS) is 19.9. The molecule has 1 atom stereocenters. The first-order valence-electron chi connectivity index (χ1n) is 10.4. The van der Waals surface area contributed by atoms with Gasteiger partial charge in [-0.05, 0) is 42.3 Å². The molecule has 2 aliphatic heterocycles. The average molecular weight is 422 g/mol. The number of nitrogens with zero attached hydrogens (tertiary/aromatic N) is 2. The first-order chi connectivity index (χ1) is 15.0. The van der Waals surface area contributed by atoms with Crippen LogP contribution in [0.2, 0.25) is 0 Å². The van der Waals surface area contributed by atoms with Crippen LogP contribution in [-0.4, -0.2) is 55.6 Å². The minimum atomic E-state index is -0.672. The summed E-state index contributed by atoms with van der Waals surface area (Å²) in [5.74, 6) is -0.0476. The van der Waals surface area contributed by atoms with E-state index in [1.54, 1.807) is 37.4 Å². The van der Waals surface area contributed by atoms with Crippen LogP contribution in [0.3, 0.4) is 0 Å². The summed E-state index contributed by atoms with van der Waals surface area (Å²) in [5.41, 5.74) is 2.15. The highest BCUT2D eigenvalue weighted by Gasteiger charge is 2.45. The van der Waals surface area contributed by atoms with Crippen LogP contribution in [0.4, 0.5) is 5.69 Å². The molecule has 4 rings (SSSR count). The second-order valence-corrected chi connectivity index (χ2v) is 7.72. The standard InChI is InChI=1S/C24H26N2O5/c1-4-11-26-21(15-5-8-17(30-3)9-6-15)20(23(28)24(26)29)22(27)16-7-10-19-18(14-16)25(2)12-13-31-19/h5-10,14,21,27H,4,11-13H2,1-3H3/b22-20-. The predicted molar refractivity (Wildman–Crippen MR) is 118 cm³/mol. The van der Waals surface area contributed by atoms with E-state index < -0.39 is 17.7 Å². The maximum atomic E-state index is 13.0. The van der Waals surface area contributed by atoms with Gasteiger partial charge in [0, 0.05) is 19.2 Å². The van der Waals surface area contributed by atoms with Crippen LogP contribution in [0.15, 0.2) is 48.0 Å². The molecule has 31 heavy (non-hydrogen) atoms. The fraction of sp³-hybridized carbons (Fsp3) is 0.333. The van der Waals surface area contributed by atoms with Crippen molar-refractivity contribution in [2.75, 3.05) is 38.8 Å². The van der Waals surface area contributed by atoms with Crippen molar-refractivity contribution in [3.05, 3.63) is 59.2 Å². The molecule has 0 radical (unpaired) electrons. The lowest BCUT2D eigenvalue weighted by atomic mass is 9.95. The molecule has 0 aliphatic carbocycles. The minimum Gasteiger partial charge on any atom is -0.507 e. The van der Waals surface area contributed by atoms with Crippen LogP contribution >= 0.6 is 0 Å². The zero-order valence-electron chi connectivity index (χ0n) is 17.9. The number of carbonyl (C=O) groups is 2. The lowest BCUT2D eigenvalue weighted by Crippen LogP contribution is -2.30. The molecule has 1 saturated heterocycles. The SMILES string of the molecule is CCCN1C(=O)C(=O)/C(=C(\O)c2ccc3c(c2)N(C)CCO3)C1c1ccc(OC)cc1. The van der Waals surface area contributed by atoms with Gasteiger partial charge in [0.2, 0.25) is 0 Å². The summed E-state index contributed by atoms with van der Waals surface area (Å²) < 4.78 is 10.9. The molecular weight excluding hydrogens is 396 g/mol. The van der Waals surface area contributed by atoms with Gasteiger partial charge in [0.25, 0.3) is 11.7 Å². The summed E-state index contributed by atoms with van der Waals surface area (Å²) in [6.07, 6.45) is 0.695. The molecule has 1 fully saturated rings. The van der Waals surface area contributed by atoms with E-state index >= 15 is 0 Å². The van der Waals surface area contributed by atoms with E-state index in [0.717, 1.165) is 23.5 Å². The Morgan fingerprint density at radius 3 is 2.61 bits per heavy atom. The Hall–Kier alpha value is -3.48. The van der Waals surface area contributed by atoms with Gasteiger partial charge >= 0.3 is 0 Å². The number of aliphatic hydroxyl groups is 1. The third-order valence-electron chi connectivity index (χ3n) is 5.76. The molecule has 1 unspecified atom stereocenters. The summed E-state index contributed by atoms with van der Waals surface area (Å²) >= 11 is 0. The fourth-order valence-corrected chi connectivity index (χ4v) is 4.14. The van der Waals surface area contributed by atoms with Gasteiger partial charge in [0.15, 0.2) is 0 Å². The number of methoxy groups -OCH3 is 1. The Labute approximate surface area is 181 Å². The molecular formula is C24H26N2O5. The van der Waals surface area contributed by atoms with Gasteiger partial charge in [-0.15, -0.1) is 0 Å². The maximum absolute atomic E-state index is 13.0. The third kappa shape index (κ3) is 3.60. The summed E-state index contributed by atoms with van der Waals surface area (Å²) in [4.78, 5) is 29.4.